The van der Waals surface area contributed by atoms with E-state index in [-0.39, 0.29) is 41.2 Å². The van der Waals surface area contributed by atoms with Crippen LogP contribution in [0.3, 0.4) is 0 Å². The number of aromatic nitrogens is 2. The quantitative estimate of drug-likeness (QED) is 0.633. The highest BCUT2D eigenvalue weighted by atomic mass is 32.2. The third-order valence-corrected chi connectivity index (χ3v) is 9.24. The molecule has 0 aliphatic carbocycles. The third kappa shape index (κ3) is 4.72. The first-order chi connectivity index (χ1) is 15.2. The lowest BCUT2D eigenvalue weighted by molar-refractivity contribution is -0.132. The Balaban J connectivity index is 1.43. The Morgan fingerprint density at radius 1 is 1.31 bits per heavy atom. The van der Waals surface area contributed by atoms with Crippen LogP contribution in [0.4, 0.5) is 4.39 Å². The monoisotopic (exact) mass is 480 g/mol. The maximum Gasteiger partial charge on any atom is 0.237 e. The summed E-state index contributed by atoms with van der Waals surface area (Å²) in [5, 5.41) is 4.32. The zero-order valence-corrected chi connectivity index (χ0v) is 20.3. The minimum Gasteiger partial charge on any atom is -0.325 e. The van der Waals surface area contributed by atoms with Crippen molar-refractivity contribution in [2.24, 2.45) is 0 Å². The van der Waals surface area contributed by atoms with Crippen molar-refractivity contribution in [3.8, 4) is 0 Å². The molecule has 1 aromatic heterocycles. The molecule has 1 aromatic carbocycles. The van der Waals surface area contributed by atoms with Gasteiger partial charge in [-0.2, -0.15) is 5.10 Å². The average Bonchev–Trinajstić information content (AvgIpc) is 3.42. The molecule has 32 heavy (non-hydrogen) atoms. The Morgan fingerprint density at radius 2 is 2.06 bits per heavy atom. The molecule has 2 fully saturated rings. The molecular formula is C22H29FN4O3S2. The fourth-order valence-corrected chi connectivity index (χ4v) is 7.55. The SMILES string of the molecule is Cc1nn([C@H]2CCS(=O)(=O)C2)c(C)c1CN(C)CC(=O)N1CCS[C@H]1c1ccccc1F. The summed E-state index contributed by atoms with van der Waals surface area (Å²) in [4.78, 5) is 16.8. The van der Waals surface area contributed by atoms with Crippen LogP contribution in [0, 0.1) is 19.7 Å². The van der Waals surface area contributed by atoms with Gasteiger partial charge in [-0.15, -0.1) is 11.8 Å². The standard InChI is InChI=1S/C22H29FN4O3S2/c1-15-19(16(2)27(24-15)17-8-11-32(29,30)14-17)12-25(3)13-21(28)26-9-10-31-22(26)18-6-4-5-7-20(18)23/h4-7,17,22H,8-14H2,1-3H3/t17-,22-/m0/s1. The smallest absolute Gasteiger partial charge is 0.237 e. The van der Waals surface area contributed by atoms with Crippen LogP contribution in [0.15, 0.2) is 24.3 Å². The molecule has 0 radical (unpaired) electrons. The van der Waals surface area contributed by atoms with Crippen LogP contribution in [-0.4, -0.2) is 71.3 Å². The van der Waals surface area contributed by atoms with Gasteiger partial charge >= 0.3 is 0 Å². The van der Waals surface area contributed by atoms with E-state index in [1.54, 1.807) is 34.9 Å². The van der Waals surface area contributed by atoms with Crippen LogP contribution in [0.5, 0.6) is 0 Å². The summed E-state index contributed by atoms with van der Waals surface area (Å²) in [6.45, 7) is 5.23. The molecule has 0 saturated carbocycles. The van der Waals surface area contributed by atoms with Crippen molar-refractivity contribution in [1.29, 1.82) is 0 Å². The number of sulfone groups is 1. The first kappa shape index (κ1) is 23.3. The van der Waals surface area contributed by atoms with Crippen LogP contribution in [0.1, 0.15) is 40.4 Å². The van der Waals surface area contributed by atoms with Gasteiger partial charge in [-0.05, 0) is 33.4 Å². The number of benzene rings is 1. The van der Waals surface area contributed by atoms with Crippen molar-refractivity contribution in [3.05, 3.63) is 52.6 Å². The predicted octanol–water partition coefficient (Wildman–Crippen LogP) is 2.70. The van der Waals surface area contributed by atoms with Gasteiger partial charge in [0.15, 0.2) is 9.84 Å². The number of carbonyl (C=O) groups excluding carboxylic acids is 1. The van der Waals surface area contributed by atoms with E-state index in [0.29, 0.717) is 25.1 Å². The van der Waals surface area contributed by atoms with Crippen LogP contribution in [0.25, 0.3) is 0 Å². The Hall–Kier alpha value is -1.91. The van der Waals surface area contributed by atoms with Crippen LogP contribution in [-0.2, 0) is 21.2 Å². The maximum atomic E-state index is 14.3. The van der Waals surface area contributed by atoms with Crippen LogP contribution < -0.4 is 0 Å². The van der Waals surface area contributed by atoms with E-state index in [9.17, 15) is 17.6 Å². The molecule has 174 valence electrons. The Morgan fingerprint density at radius 3 is 2.75 bits per heavy atom. The molecule has 4 rings (SSSR count). The van der Waals surface area contributed by atoms with Crippen molar-refractivity contribution < 1.29 is 17.6 Å². The lowest BCUT2D eigenvalue weighted by Gasteiger charge is -2.27. The second kappa shape index (κ2) is 9.15. The van der Waals surface area contributed by atoms with Gasteiger partial charge in [0.05, 0.1) is 29.8 Å². The van der Waals surface area contributed by atoms with Gasteiger partial charge in [0, 0.05) is 35.7 Å². The lowest BCUT2D eigenvalue weighted by atomic mass is 10.1. The number of halogens is 1. The number of thioether (sulfide) groups is 1. The topological polar surface area (TPSA) is 75.5 Å². The second-order valence-electron chi connectivity index (χ2n) is 8.65. The number of hydrogen-bond donors (Lipinski definition) is 0. The van der Waals surface area contributed by atoms with Crippen LogP contribution in [0.2, 0.25) is 0 Å². The molecule has 7 nitrogen and oxygen atoms in total. The first-order valence-corrected chi connectivity index (χ1v) is 13.6. The zero-order chi connectivity index (χ0) is 23.0. The fraction of sp³-hybridized carbons (Fsp3) is 0.545. The van der Waals surface area contributed by atoms with Gasteiger partial charge in [0.1, 0.15) is 11.2 Å². The van der Waals surface area contributed by atoms with Crippen LogP contribution >= 0.6 is 11.8 Å². The number of likely N-dealkylation sites (N-methyl/N-ethyl adjacent to an activating group) is 1. The Labute approximate surface area is 192 Å². The molecule has 1 amide bonds. The molecule has 0 bridgehead atoms. The summed E-state index contributed by atoms with van der Waals surface area (Å²) in [5.41, 5.74) is 3.37. The Bertz CT molecular complexity index is 1120. The number of nitrogens with zero attached hydrogens (tertiary/aromatic N) is 4. The normalized spacial score (nSPS) is 22.7. The van der Waals surface area contributed by atoms with Gasteiger partial charge in [-0.3, -0.25) is 14.4 Å². The highest BCUT2D eigenvalue weighted by Crippen LogP contribution is 2.39. The molecule has 0 N–H and O–H groups in total. The average molecular weight is 481 g/mol. The minimum atomic E-state index is -2.99. The van der Waals surface area contributed by atoms with E-state index >= 15 is 0 Å². The third-order valence-electron chi connectivity index (χ3n) is 6.24. The van der Waals surface area contributed by atoms with Gasteiger partial charge in [-0.25, -0.2) is 12.8 Å². The van der Waals surface area contributed by atoms with Crippen molar-refractivity contribution in [3.63, 3.8) is 0 Å². The molecule has 2 saturated heterocycles. The number of aryl methyl sites for hydroxylation is 1. The van der Waals surface area contributed by atoms with Crippen molar-refractivity contribution >= 4 is 27.5 Å². The van der Waals surface area contributed by atoms with E-state index in [2.05, 4.69) is 5.10 Å². The molecule has 2 aliphatic rings. The summed E-state index contributed by atoms with van der Waals surface area (Å²) >= 11 is 1.58. The number of carbonyl (C=O) groups is 1. The van der Waals surface area contributed by atoms with Crippen molar-refractivity contribution in [2.75, 3.05) is 37.4 Å². The minimum absolute atomic E-state index is 0.0321. The van der Waals surface area contributed by atoms with E-state index in [1.165, 1.54) is 6.07 Å². The number of rotatable bonds is 6. The zero-order valence-electron chi connectivity index (χ0n) is 18.6. The highest BCUT2D eigenvalue weighted by Gasteiger charge is 2.34. The van der Waals surface area contributed by atoms with E-state index in [1.807, 2.05) is 30.5 Å². The number of amides is 1. The van der Waals surface area contributed by atoms with Crippen molar-refractivity contribution in [2.45, 2.75) is 38.2 Å². The lowest BCUT2D eigenvalue weighted by Crippen LogP contribution is -2.38. The predicted molar refractivity (Wildman–Crippen MR) is 124 cm³/mol. The molecule has 0 spiro atoms. The summed E-state index contributed by atoms with van der Waals surface area (Å²) in [5.74, 6) is 0.800. The molecule has 10 heteroatoms. The molecule has 2 atom stereocenters. The molecular weight excluding hydrogens is 451 g/mol. The van der Waals surface area contributed by atoms with Gasteiger partial charge < -0.3 is 4.90 Å². The van der Waals surface area contributed by atoms with E-state index in [4.69, 9.17) is 0 Å². The van der Waals surface area contributed by atoms with Crippen molar-refractivity contribution in [1.82, 2.24) is 19.6 Å². The molecule has 2 aromatic rings. The summed E-state index contributed by atoms with van der Waals surface area (Å²) < 4.78 is 39.9. The maximum absolute atomic E-state index is 14.3. The summed E-state index contributed by atoms with van der Waals surface area (Å²) in [7, 11) is -1.11. The summed E-state index contributed by atoms with van der Waals surface area (Å²) in [6.07, 6.45) is 0.585. The highest BCUT2D eigenvalue weighted by molar-refractivity contribution is 7.99. The largest absolute Gasteiger partial charge is 0.325 e. The van der Waals surface area contributed by atoms with Gasteiger partial charge in [0.25, 0.3) is 0 Å². The fourth-order valence-electron chi connectivity index (χ4n) is 4.56. The van der Waals surface area contributed by atoms with E-state index < -0.39 is 9.84 Å². The molecule has 0 unspecified atom stereocenters. The van der Waals surface area contributed by atoms with Gasteiger partial charge in [-0.1, -0.05) is 18.2 Å². The first-order valence-electron chi connectivity index (χ1n) is 10.8. The molecule has 3 heterocycles. The van der Waals surface area contributed by atoms with E-state index in [0.717, 1.165) is 22.7 Å². The Kier molecular flexibility index (Phi) is 6.65. The van der Waals surface area contributed by atoms with Gasteiger partial charge in [0.2, 0.25) is 5.91 Å². The molecule has 2 aliphatic heterocycles. The number of hydrogen-bond acceptors (Lipinski definition) is 6. The summed E-state index contributed by atoms with van der Waals surface area (Å²) in [6, 6.07) is 6.51. The second-order valence-corrected chi connectivity index (χ2v) is 12.1.